The number of carbonyl (C=O) groups is 2. The first-order valence-electron chi connectivity index (χ1n) is 8.29. The SMILES string of the molecule is Cc1ccc(C(=O)N(C)c2ccc(OC(=O)[C@@H]3CCOC3)cc2)cc1. The Morgan fingerprint density at radius 1 is 1.08 bits per heavy atom. The molecule has 0 bridgehead atoms. The second kappa shape index (κ2) is 7.49. The van der Waals surface area contributed by atoms with Crippen molar-refractivity contribution in [3.8, 4) is 5.75 Å². The number of nitrogens with zero attached hydrogens (tertiary/aromatic N) is 1. The second-order valence-electron chi connectivity index (χ2n) is 6.21. The zero-order valence-electron chi connectivity index (χ0n) is 14.4. The summed E-state index contributed by atoms with van der Waals surface area (Å²) < 4.78 is 10.6. The van der Waals surface area contributed by atoms with Crippen LogP contribution in [0.5, 0.6) is 5.75 Å². The Hall–Kier alpha value is -2.66. The summed E-state index contributed by atoms with van der Waals surface area (Å²) >= 11 is 0. The topological polar surface area (TPSA) is 55.8 Å². The van der Waals surface area contributed by atoms with Gasteiger partial charge in [-0.05, 0) is 49.7 Å². The normalized spacial score (nSPS) is 16.5. The summed E-state index contributed by atoms with van der Waals surface area (Å²) in [5.41, 5.74) is 2.47. The van der Waals surface area contributed by atoms with Gasteiger partial charge in [-0.3, -0.25) is 9.59 Å². The van der Waals surface area contributed by atoms with Crippen molar-refractivity contribution in [3.05, 3.63) is 59.7 Å². The number of anilines is 1. The first-order valence-corrected chi connectivity index (χ1v) is 8.29. The van der Waals surface area contributed by atoms with Gasteiger partial charge in [0.1, 0.15) is 5.75 Å². The fraction of sp³-hybridized carbons (Fsp3) is 0.300. The summed E-state index contributed by atoms with van der Waals surface area (Å²) in [6.07, 6.45) is 0.699. The lowest BCUT2D eigenvalue weighted by Crippen LogP contribution is -2.26. The molecular weight excluding hydrogens is 318 g/mol. The number of benzene rings is 2. The molecule has 0 aliphatic carbocycles. The summed E-state index contributed by atoms with van der Waals surface area (Å²) in [7, 11) is 1.72. The number of hydrogen-bond donors (Lipinski definition) is 0. The standard InChI is InChI=1S/C20H21NO4/c1-14-3-5-15(6-4-14)19(22)21(2)17-7-9-18(10-8-17)25-20(23)16-11-12-24-13-16/h3-10,16H,11-13H2,1-2H3/t16-/m1/s1. The molecule has 5 nitrogen and oxygen atoms in total. The number of carbonyl (C=O) groups excluding carboxylic acids is 2. The van der Waals surface area contributed by atoms with Crippen LogP contribution >= 0.6 is 0 Å². The third-order valence-corrected chi connectivity index (χ3v) is 4.31. The molecule has 3 rings (SSSR count). The van der Waals surface area contributed by atoms with E-state index in [-0.39, 0.29) is 17.8 Å². The minimum Gasteiger partial charge on any atom is -0.426 e. The predicted molar refractivity (Wildman–Crippen MR) is 94.9 cm³/mol. The smallest absolute Gasteiger partial charge is 0.316 e. The zero-order valence-corrected chi connectivity index (χ0v) is 14.4. The first kappa shape index (κ1) is 17.2. The second-order valence-corrected chi connectivity index (χ2v) is 6.21. The molecule has 0 N–H and O–H groups in total. The average Bonchev–Trinajstić information content (AvgIpc) is 3.17. The maximum Gasteiger partial charge on any atom is 0.316 e. The number of aryl methyl sites for hydroxylation is 1. The highest BCUT2D eigenvalue weighted by Gasteiger charge is 2.25. The van der Waals surface area contributed by atoms with Gasteiger partial charge in [0.25, 0.3) is 5.91 Å². The molecule has 0 aromatic heterocycles. The highest BCUT2D eigenvalue weighted by atomic mass is 16.5. The molecule has 1 amide bonds. The molecule has 0 radical (unpaired) electrons. The Bertz CT molecular complexity index is 746. The fourth-order valence-electron chi connectivity index (χ4n) is 2.66. The van der Waals surface area contributed by atoms with Gasteiger partial charge in [0.15, 0.2) is 0 Å². The van der Waals surface area contributed by atoms with Crippen LogP contribution in [0.2, 0.25) is 0 Å². The van der Waals surface area contributed by atoms with E-state index in [9.17, 15) is 9.59 Å². The zero-order chi connectivity index (χ0) is 17.8. The van der Waals surface area contributed by atoms with E-state index in [1.807, 2.05) is 31.2 Å². The molecule has 1 atom stereocenters. The van der Waals surface area contributed by atoms with Crippen molar-refractivity contribution in [2.24, 2.45) is 5.92 Å². The van der Waals surface area contributed by atoms with E-state index in [1.54, 1.807) is 36.2 Å². The van der Waals surface area contributed by atoms with Crippen LogP contribution in [-0.4, -0.2) is 32.1 Å². The Kier molecular flexibility index (Phi) is 5.14. The van der Waals surface area contributed by atoms with E-state index in [1.165, 1.54) is 0 Å². The largest absolute Gasteiger partial charge is 0.426 e. The van der Waals surface area contributed by atoms with E-state index >= 15 is 0 Å². The van der Waals surface area contributed by atoms with Crippen LogP contribution in [0.4, 0.5) is 5.69 Å². The highest BCUT2D eigenvalue weighted by Crippen LogP contribution is 2.22. The van der Waals surface area contributed by atoms with Crippen LogP contribution in [0, 0.1) is 12.8 Å². The van der Waals surface area contributed by atoms with Crippen LogP contribution < -0.4 is 9.64 Å². The molecule has 25 heavy (non-hydrogen) atoms. The van der Waals surface area contributed by atoms with Crippen molar-refractivity contribution < 1.29 is 19.1 Å². The van der Waals surface area contributed by atoms with Crippen LogP contribution in [-0.2, 0) is 9.53 Å². The summed E-state index contributed by atoms with van der Waals surface area (Å²) in [6.45, 7) is 3.00. The summed E-state index contributed by atoms with van der Waals surface area (Å²) in [5.74, 6) is -0.0792. The van der Waals surface area contributed by atoms with Gasteiger partial charge in [0.05, 0.1) is 12.5 Å². The van der Waals surface area contributed by atoms with Gasteiger partial charge in [0, 0.05) is 24.9 Å². The van der Waals surface area contributed by atoms with Gasteiger partial charge in [-0.1, -0.05) is 17.7 Å². The number of amides is 1. The molecule has 5 heteroatoms. The lowest BCUT2D eigenvalue weighted by atomic mass is 10.1. The summed E-state index contributed by atoms with van der Waals surface area (Å²) in [6, 6.07) is 14.4. The molecule has 1 saturated heterocycles. The van der Waals surface area contributed by atoms with Crippen molar-refractivity contribution >= 4 is 17.6 Å². The van der Waals surface area contributed by atoms with E-state index in [0.29, 0.717) is 30.9 Å². The Morgan fingerprint density at radius 2 is 1.76 bits per heavy atom. The minimum atomic E-state index is -0.269. The van der Waals surface area contributed by atoms with Crippen LogP contribution in [0.15, 0.2) is 48.5 Å². The van der Waals surface area contributed by atoms with Crippen LogP contribution in [0.3, 0.4) is 0 Å². The molecule has 130 valence electrons. The molecule has 0 spiro atoms. The van der Waals surface area contributed by atoms with Crippen LogP contribution in [0.1, 0.15) is 22.3 Å². The fourth-order valence-corrected chi connectivity index (χ4v) is 2.66. The van der Waals surface area contributed by atoms with E-state index in [0.717, 1.165) is 11.3 Å². The van der Waals surface area contributed by atoms with Crippen molar-refractivity contribution in [1.82, 2.24) is 0 Å². The average molecular weight is 339 g/mol. The van der Waals surface area contributed by atoms with E-state index < -0.39 is 0 Å². The third kappa shape index (κ3) is 4.06. The number of rotatable bonds is 4. The molecule has 1 fully saturated rings. The maximum atomic E-state index is 12.5. The number of ether oxygens (including phenoxy) is 2. The van der Waals surface area contributed by atoms with Gasteiger partial charge in [-0.15, -0.1) is 0 Å². The molecule has 2 aromatic rings. The number of esters is 1. The van der Waals surface area contributed by atoms with E-state index in [2.05, 4.69) is 0 Å². The molecule has 2 aromatic carbocycles. The summed E-state index contributed by atoms with van der Waals surface area (Å²) in [4.78, 5) is 26.1. The number of hydrogen-bond acceptors (Lipinski definition) is 4. The third-order valence-electron chi connectivity index (χ3n) is 4.31. The van der Waals surface area contributed by atoms with Gasteiger partial charge < -0.3 is 14.4 Å². The Morgan fingerprint density at radius 3 is 2.36 bits per heavy atom. The lowest BCUT2D eigenvalue weighted by Gasteiger charge is -2.18. The quantitative estimate of drug-likeness (QED) is 0.634. The minimum absolute atomic E-state index is 0.0900. The van der Waals surface area contributed by atoms with Crippen molar-refractivity contribution in [2.45, 2.75) is 13.3 Å². The maximum absolute atomic E-state index is 12.5. The lowest BCUT2D eigenvalue weighted by molar-refractivity contribution is -0.138. The molecule has 0 unspecified atom stereocenters. The van der Waals surface area contributed by atoms with Crippen molar-refractivity contribution in [1.29, 1.82) is 0 Å². The van der Waals surface area contributed by atoms with Crippen LogP contribution in [0.25, 0.3) is 0 Å². The van der Waals surface area contributed by atoms with Gasteiger partial charge in [-0.2, -0.15) is 0 Å². The van der Waals surface area contributed by atoms with Gasteiger partial charge >= 0.3 is 5.97 Å². The van der Waals surface area contributed by atoms with Crippen molar-refractivity contribution in [2.75, 3.05) is 25.2 Å². The van der Waals surface area contributed by atoms with Crippen molar-refractivity contribution in [3.63, 3.8) is 0 Å². The molecule has 1 aliphatic heterocycles. The molecule has 1 aliphatic rings. The summed E-state index contributed by atoms with van der Waals surface area (Å²) in [5, 5.41) is 0. The monoisotopic (exact) mass is 339 g/mol. The molecule has 0 saturated carbocycles. The predicted octanol–water partition coefficient (Wildman–Crippen LogP) is 3.21. The highest BCUT2D eigenvalue weighted by molar-refractivity contribution is 6.05. The Balaban J connectivity index is 1.65. The molecule has 1 heterocycles. The first-order chi connectivity index (χ1) is 12.0. The van der Waals surface area contributed by atoms with Gasteiger partial charge in [-0.25, -0.2) is 0 Å². The molecular formula is C20H21NO4. The van der Waals surface area contributed by atoms with E-state index in [4.69, 9.17) is 9.47 Å². The Labute approximate surface area is 147 Å². The van der Waals surface area contributed by atoms with Gasteiger partial charge in [0.2, 0.25) is 0 Å².